The van der Waals surface area contributed by atoms with Crippen molar-refractivity contribution in [3.05, 3.63) is 64.4 Å². The maximum atomic E-state index is 13.1. The van der Waals surface area contributed by atoms with Gasteiger partial charge in [0.15, 0.2) is 0 Å². The van der Waals surface area contributed by atoms with E-state index in [2.05, 4.69) is 5.32 Å². The normalized spacial score (nSPS) is 16.5. The van der Waals surface area contributed by atoms with E-state index < -0.39 is 15.9 Å². The van der Waals surface area contributed by atoms with Crippen LogP contribution in [-0.2, 0) is 14.8 Å². The summed E-state index contributed by atoms with van der Waals surface area (Å²) in [6.07, 6.45) is 0. The van der Waals surface area contributed by atoms with Crippen molar-refractivity contribution in [3.63, 3.8) is 0 Å². The van der Waals surface area contributed by atoms with Crippen LogP contribution in [0.15, 0.2) is 47.4 Å². The second-order valence-corrected chi connectivity index (χ2v) is 8.72. The van der Waals surface area contributed by atoms with Gasteiger partial charge < -0.3 is 10.1 Å². The summed E-state index contributed by atoms with van der Waals surface area (Å²) in [6.45, 7) is 2.85. The van der Waals surface area contributed by atoms with Crippen molar-refractivity contribution in [2.24, 2.45) is 0 Å². The van der Waals surface area contributed by atoms with E-state index in [1.54, 1.807) is 19.1 Å². The molecule has 1 heterocycles. The fraction of sp³-hybridized carbons (Fsp3) is 0.316. The first-order valence-electron chi connectivity index (χ1n) is 8.73. The lowest BCUT2D eigenvalue weighted by atomic mass is 10.1. The largest absolute Gasteiger partial charge is 0.379 e. The lowest BCUT2D eigenvalue weighted by molar-refractivity contribution is 0.0730. The minimum atomic E-state index is -3.83. The number of carbonyl (C=O) groups is 1. The zero-order chi connectivity index (χ0) is 20.3. The topological polar surface area (TPSA) is 75.7 Å². The maximum Gasteiger partial charge on any atom is 0.251 e. The van der Waals surface area contributed by atoms with Gasteiger partial charge in [-0.2, -0.15) is 4.31 Å². The monoisotopic (exact) mass is 426 g/mol. The highest BCUT2D eigenvalue weighted by atomic mass is 35.5. The van der Waals surface area contributed by atoms with Gasteiger partial charge in [-0.1, -0.05) is 23.7 Å². The molecule has 150 valence electrons. The van der Waals surface area contributed by atoms with Crippen molar-refractivity contribution >= 4 is 27.5 Å². The van der Waals surface area contributed by atoms with Crippen molar-refractivity contribution in [1.29, 1.82) is 0 Å². The van der Waals surface area contributed by atoms with Crippen molar-refractivity contribution in [3.8, 4) is 0 Å². The molecule has 6 nitrogen and oxygen atoms in total. The average Bonchev–Trinajstić information content (AvgIpc) is 2.69. The fourth-order valence-electron chi connectivity index (χ4n) is 2.88. The highest BCUT2D eigenvalue weighted by Gasteiger charge is 2.29. The van der Waals surface area contributed by atoms with Gasteiger partial charge in [0.1, 0.15) is 10.7 Å². The van der Waals surface area contributed by atoms with Gasteiger partial charge in [-0.15, -0.1) is 0 Å². The molecule has 2 aromatic rings. The second-order valence-electron chi connectivity index (χ2n) is 6.41. The Morgan fingerprint density at radius 2 is 1.82 bits per heavy atom. The number of hydrogen-bond acceptors (Lipinski definition) is 4. The van der Waals surface area contributed by atoms with Crippen molar-refractivity contribution in [1.82, 2.24) is 9.62 Å². The van der Waals surface area contributed by atoms with Crippen LogP contribution in [0.2, 0.25) is 5.02 Å². The van der Waals surface area contributed by atoms with Gasteiger partial charge in [0, 0.05) is 18.7 Å². The standard InChI is InChI=1S/C19H20ClFN2O4S/c1-13(14-2-5-16(21)6-3-14)22-19(24)15-4-7-17(20)18(12-15)28(25,26)23-8-10-27-11-9-23/h2-7,12-13H,8-11H2,1H3,(H,22,24). The first kappa shape index (κ1) is 20.7. The Kier molecular flexibility index (Phi) is 6.34. The fourth-order valence-corrected chi connectivity index (χ4v) is 4.79. The third-order valence-electron chi connectivity index (χ3n) is 4.50. The van der Waals surface area contributed by atoms with E-state index in [1.807, 2.05) is 0 Å². The molecule has 0 bridgehead atoms. The van der Waals surface area contributed by atoms with E-state index in [0.717, 1.165) is 5.56 Å². The number of halogens is 2. The molecule has 1 atom stereocenters. The molecule has 28 heavy (non-hydrogen) atoms. The molecule has 0 aromatic heterocycles. The first-order valence-corrected chi connectivity index (χ1v) is 10.5. The Balaban J connectivity index is 1.82. The molecule has 0 saturated carbocycles. The number of rotatable bonds is 5. The number of ether oxygens (including phenoxy) is 1. The molecule has 1 fully saturated rings. The van der Waals surface area contributed by atoms with Gasteiger partial charge in [0.25, 0.3) is 5.91 Å². The summed E-state index contributed by atoms with van der Waals surface area (Å²) in [5.41, 5.74) is 0.898. The van der Waals surface area contributed by atoms with Crippen molar-refractivity contribution < 1.29 is 22.3 Å². The molecule has 2 aromatic carbocycles. The van der Waals surface area contributed by atoms with E-state index in [1.165, 1.54) is 34.6 Å². The molecule has 9 heteroatoms. The molecule has 1 amide bonds. The summed E-state index contributed by atoms with van der Waals surface area (Å²) < 4.78 is 45.3. The Morgan fingerprint density at radius 1 is 1.18 bits per heavy atom. The van der Waals surface area contributed by atoms with Crippen LogP contribution in [0, 0.1) is 5.82 Å². The summed E-state index contributed by atoms with van der Waals surface area (Å²) in [4.78, 5) is 12.5. The quantitative estimate of drug-likeness (QED) is 0.797. The van der Waals surface area contributed by atoms with E-state index in [-0.39, 0.29) is 40.4 Å². The van der Waals surface area contributed by atoms with Crippen LogP contribution < -0.4 is 5.32 Å². The van der Waals surface area contributed by atoms with Crippen molar-refractivity contribution in [2.45, 2.75) is 17.9 Å². The number of hydrogen-bond donors (Lipinski definition) is 1. The van der Waals surface area contributed by atoms with Crippen LogP contribution >= 0.6 is 11.6 Å². The first-order chi connectivity index (χ1) is 13.3. The molecule has 1 N–H and O–H groups in total. The molecular weight excluding hydrogens is 407 g/mol. The molecule has 0 radical (unpaired) electrons. The highest BCUT2D eigenvalue weighted by Crippen LogP contribution is 2.27. The minimum absolute atomic E-state index is 0.0506. The number of nitrogens with zero attached hydrogens (tertiary/aromatic N) is 1. The third-order valence-corrected chi connectivity index (χ3v) is 6.88. The summed E-state index contributed by atoms with van der Waals surface area (Å²) in [6, 6.07) is 9.54. The molecule has 1 aliphatic rings. The van der Waals surface area contributed by atoms with Gasteiger partial charge >= 0.3 is 0 Å². The minimum Gasteiger partial charge on any atom is -0.379 e. The van der Waals surface area contributed by atoms with Crippen LogP contribution in [0.5, 0.6) is 0 Å². The number of sulfonamides is 1. The second kappa shape index (κ2) is 8.57. The molecule has 1 unspecified atom stereocenters. The summed E-state index contributed by atoms with van der Waals surface area (Å²) in [5, 5.41) is 2.83. The van der Waals surface area contributed by atoms with Gasteiger partial charge in [-0.25, -0.2) is 12.8 Å². The van der Waals surface area contributed by atoms with Crippen molar-refractivity contribution in [2.75, 3.05) is 26.3 Å². The zero-order valence-corrected chi connectivity index (χ0v) is 16.8. The third kappa shape index (κ3) is 4.52. The van der Waals surface area contributed by atoms with Gasteiger partial charge in [-0.05, 0) is 42.8 Å². The van der Waals surface area contributed by atoms with E-state index in [9.17, 15) is 17.6 Å². The summed E-state index contributed by atoms with van der Waals surface area (Å²) >= 11 is 6.12. The summed E-state index contributed by atoms with van der Waals surface area (Å²) in [7, 11) is -3.83. The Morgan fingerprint density at radius 3 is 2.46 bits per heavy atom. The van der Waals surface area contributed by atoms with E-state index in [4.69, 9.17) is 16.3 Å². The Hall–Kier alpha value is -2.00. The SMILES string of the molecule is CC(NC(=O)c1ccc(Cl)c(S(=O)(=O)N2CCOCC2)c1)c1ccc(F)cc1. The molecule has 1 aliphatic heterocycles. The zero-order valence-electron chi connectivity index (χ0n) is 15.2. The highest BCUT2D eigenvalue weighted by molar-refractivity contribution is 7.89. The predicted molar refractivity (Wildman–Crippen MR) is 103 cm³/mol. The molecule has 3 rings (SSSR count). The predicted octanol–water partition coefficient (Wildman–Crippen LogP) is 2.99. The molecular formula is C19H20ClFN2O4S. The van der Waals surface area contributed by atoms with Crippen LogP contribution in [0.1, 0.15) is 28.9 Å². The number of benzene rings is 2. The van der Waals surface area contributed by atoms with Gasteiger partial charge in [0.05, 0.1) is 24.3 Å². The van der Waals surface area contributed by atoms with E-state index in [0.29, 0.717) is 13.2 Å². The lowest BCUT2D eigenvalue weighted by Gasteiger charge is -2.26. The number of morpholine rings is 1. The number of nitrogens with one attached hydrogen (secondary N) is 1. The Labute approximate surface area is 168 Å². The molecule has 0 aliphatic carbocycles. The molecule has 0 spiro atoms. The maximum absolute atomic E-state index is 13.1. The summed E-state index contributed by atoms with van der Waals surface area (Å²) in [5.74, 6) is -0.815. The number of amides is 1. The Bertz CT molecular complexity index is 960. The lowest BCUT2D eigenvalue weighted by Crippen LogP contribution is -2.40. The van der Waals surface area contributed by atoms with Crippen LogP contribution in [0.3, 0.4) is 0 Å². The van der Waals surface area contributed by atoms with Crippen LogP contribution in [-0.4, -0.2) is 44.9 Å². The van der Waals surface area contributed by atoms with Gasteiger partial charge in [-0.3, -0.25) is 4.79 Å². The van der Waals surface area contributed by atoms with Crippen LogP contribution in [0.25, 0.3) is 0 Å². The van der Waals surface area contributed by atoms with E-state index >= 15 is 0 Å². The molecule has 1 saturated heterocycles. The smallest absolute Gasteiger partial charge is 0.251 e. The van der Waals surface area contributed by atoms with Crippen LogP contribution in [0.4, 0.5) is 4.39 Å². The van der Waals surface area contributed by atoms with Gasteiger partial charge in [0.2, 0.25) is 10.0 Å². The average molecular weight is 427 g/mol. The number of carbonyl (C=O) groups excluding carboxylic acids is 1.